The van der Waals surface area contributed by atoms with Crippen molar-refractivity contribution in [3.05, 3.63) is 35.4 Å². The summed E-state index contributed by atoms with van der Waals surface area (Å²) in [5, 5.41) is 2.38. The van der Waals surface area contributed by atoms with Gasteiger partial charge in [0.2, 0.25) is 0 Å². The quantitative estimate of drug-likeness (QED) is 0.826. The van der Waals surface area contributed by atoms with E-state index < -0.39 is 23.9 Å². The number of benzene rings is 1. The van der Waals surface area contributed by atoms with E-state index in [0.717, 1.165) is 6.07 Å². The highest BCUT2D eigenvalue weighted by Crippen LogP contribution is 2.35. The zero-order valence-corrected chi connectivity index (χ0v) is 8.75. The molecule has 6 heteroatoms. The van der Waals surface area contributed by atoms with Gasteiger partial charge in [0.25, 0.3) is 0 Å². The molecule has 0 saturated carbocycles. The third kappa shape index (κ3) is 2.51. The topological polar surface area (TPSA) is 38.3 Å². The average molecular weight is 245 g/mol. The minimum Gasteiger partial charge on any atom is -0.449 e. The predicted octanol–water partition coefficient (Wildman–Crippen LogP) is 2.88. The van der Waals surface area contributed by atoms with Crippen LogP contribution in [0.25, 0.3) is 0 Å². The molecule has 0 unspecified atom stereocenters. The Hall–Kier alpha value is -1.72. The zero-order valence-electron chi connectivity index (χ0n) is 8.75. The van der Waals surface area contributed by atoms with Crippen molar-refractivity contribution in [3.8, 4) is 0 Å². The van der Waals surface area contributed by atoms with Crippen LogP contribution in [0, 0.1) is 0 Å². The lowest BCUT2D eigenvalue weighted by molar-refractivity contribution is -0.138. The van der Waals surface area contributed by atoms with Crippen molar-refractivity contribution in [1.29, 1.82) is 0 Å². The number of hydrogen-bond donors (Lipinski definition) is 1. The summed E-state index contributed by atoms with van der Waals surface area (Å²) in [6.07, 6.45) is -4.77. The van der Waals surface area contributed by atoms with E-state index in [2.05, 4.69) is 10.1 Å². The van der Waals surface area contributed by atoms with Gasteiger partial charge in [-0.2, -0.15) is 13.2 Å². The van der Waals surface area contributed by atoms with Gasteiger partial charge < -0.3 is 10.1 Å². The van der Waals surface area contributed by atoms with E-state index in [1.54, 1.807) is 0 Å². The third-order valence-electron chi connectivity index (χ3n) is 2.57. The highest BCUT2D eigenvalue weighted by Gasteiger charge is 2.36. The first-order valence-corrected chi connectivity index (χ1v) is 5.08. The van der Waals surface area contributed by atoms with Crippen molar-refractivity contribution in [2.24, 2.45) is 0 Å². The minimum atomic E-state index is -4.42. The summed E-state index contributed by atoms with van der Waals surface area (Å²) in [6.45, 7) is 0.128. The monoisotopic (exact) mass is 245 g/mol. The Kier molecular flexibility index (Phi) is 2.95. The molecule has 0 spiro atoms. The molecular weight excluding hydrogens is 235 g/mol. The lowest BCUT2D eigenvalue weighted by atomic mass is 9.97. The molecule has 1 atom stereocenters. The number of rotatable bonds is 1. The van der Waals surface area contributed by atoms with Gasteiger partial charge in [-0.15, -0.1) is 0 Å². The molecule has 2 rings (SSSR count). The fourth-order valence-corrected chi connectivity index (χ4v) is 1.82. The summed E-state index contributed by atoms with van der Waals surface area (Å²) in [5.74, 6) is 0. The van der Waals surface area contributed by atoms with Gasteiger partial charge in [-0.3, -0.25) is 0 Å². The van der Waals surface area contributed by atoms with E-state index >= 15 is 0 Å². The first-order valence-electron chi connectivity index (χ1n) is 5.08. The second-order valence-corrected chi connectivity index (χ2v) is 3.71. The third-order valence-corrected chi connectivity index (χ3v) is 2.57. The normalized spacial score (nSPS) is 20.6. The van der Waals surface area contributed by atoms with Gasteiger partial charge in [0.05, 0.1) is 18.2 Å². The van der Waals surface area contributed by atoms with E-state index in [4.69, 9.17) is 0 Å². The number of cyclic esters (lactones) is 1. The van der Waals surface area contributed by atoms with Gasteiger partial charge in [-0.1, -0.05) is 18.2 Å². The summed E-state index contributed by atoms with van der Waals surface area (Å²) < 4.78 is 42.9. The van der Waals surface area contributed by atoms with Crippen LogP contribution in [0.1, 0.15) is 23.6 Å². The summed E-state index contributed by atoms with van der Waals surface area (Å²) in [4.78, 5) is 11.0. The fourth-order valence-electron chi connectivity index (χ4n) is 1.82. The van der Waals surface area contributed by atoms with Crippen LogP contribution in [0.4, 0.5) is 18.0 Å². The van der Waals surface area contributed by atoms with Crippen molar-refractivity contribution < 1.29 is 22.7 Å². The minimum absolute atomic E-state index is 0.0802. The van der Waals surface area contributed by atoms with Crippen LogP contribution in [0.3, 0.4) is 0 Å². The largest absolute Gasteiger partial charge is 0.449 e. The molecule has 17 heavy (non-hydrogen) atoms. The Morgan fingerprint density at radius 2 is 2.00 bits per heavy atom. The second kappa shape index (κ2) is 4.27. The van der Waals surface area contributed by atoms with Crippen LogP contribution >= 0.6 is 0 Å². The van der Waals surface area contributed by atoms with Gasteiger partial charge in [-0.25, -0.2) is 4.79 Å². The molecule has 0 aliphatic carbocycles. The molecule has 1 aromatic rings. The first-order chi connectivity index (χ1) is 7.98. The van der Waals surface area contributed by atoms with Gasteiger partial charge >= 0.3 is 12.3 Å². The number of hydrogen-bond acceptors (Lipinski definition) is 2. The molecule has 1 N–H and O–H groups in total. The first kappa shape index (κ1) is 11.8. The highest BCUT2D eigenvalue weighted by atomic mass is 19.4. The number of ether oxygens (including phenoxy) is 1. The molecule has 1 amide bonds. The van der Waals surface area contributed by atoms with Gasteiger partial charge in [0.1, 0.15) is 0 Å². The Morgan fingerprint density at radius 1 is 1.29 bits per heavy atom. The second-order valence-electron chi connectivity index (χ2n) is 3.71. The van der Waals surface area contributed by atoms with Crippen molar-refractivity contribution in [3.63, 3.8) is 0 Å². The van der Waals surface area contributed by atoms with Crippen molar-refractivity contribution in [2.75, 3.05) is 6.61 Å². The molecule has 0 radical (unpaired) electrons. The maximum Gasteiger partial charge on any atom is 0.416 e. The molecule has 1 aliphatic heterocycles. The molecule has 92 valence electrons. The van der Waals surface area contributed by atoms with E-state index in [9.17, 15) is 18.0 Å². The number of carbonyl (C=O) groups excluding carboxylic acids is 1. The summed E-state index contributed by atoms with van der Waals surface area (Å²) in [7, 11) is 0. The van der Waals surface area contributed by atoms with Gasteiger partial charge in [0.15, 0.2) is 0 Å². The number of nitrogens with one attached hydrogen (secondary N) is 1. The zero-order chi connectivity index (χ0) is 12.5. The molecule has 3 nitrogen and oxygen atoms in total. The molecule has 1 heterocycles. The van der Waals surface area contributed by atoms with Crippen LogP contribution in [0.5, 0.6) is 0 Å². The molecule has 0 bridgehead atoms. The van der Waals surface area contributed by atoms with Gasteiger partial charge in [0, 0.05) is 6.42 Å². The van der Waals surface area contributed by atoms with Gasteiger partial charge in [-0.05, 0) is 11.6 Å². The maximum atomic E-state index is 12.8. The standard InChI is InChI=1S/C11H10F3NO2/c12-11(13,14)8-4-2-1-3-7(8)9-5-6-17-10(16)15-9/h1-4,9H,5-6H2,(H,15,16)/t9-/m0/s1. The summed E-state index contributed by atoms with van der Waals surface area (Å²) in [6, 6.07) is 4.59. The number of amides is 1. The van der Waals surface area contributed by atoms with E-state index in [0.29, 0.717) is 6.42 Å². The summed E-state index contributed by atoms with van der Waals surface area (Å²) in [5.41, 5.74) is -0.635. The van der Waals surface area contributed by atoms with E-state index in [1.165, 1.54) is 18.2 Å². The van der Waals surface area contributed by atoms with Crippen molar-refractivity contribution >= 4 is 6.09 Å². The smallest absolute Gasteiger partial charge is 0.416 e. The molecule has 1 aromatic carbocycles. The Morgan fingerprint density at radius 3 is 2.65 bits per heavy atom. The van der Waals surface area contributed by atoms with Crippen LogP contribution in [0.15, 0.2) is 24.3 Å². The van der Waals surface area contributed by atoms with E-state index in [-0.39, 0.29) is 12.2 Å². The number of carbonyl (C=O) groups is 1. The fraction of sp³-hybridized carbons (Fsp3) is 0.364. The summed E-state index contributed by atoms with van der Waals surface area (Å²) >= 11 is 0. The molecule has 1 aliphatic rings. The number of alkyl carbamates (subject to hydrolysis) is 1. The SMILES string of the molecule is O=C1N[C@H](c2ccccc2C(F)(F)F)CCO1. The molecule has 1 fully saturated rings. The average Bonchev–Trinajstić information content (AvgIpc) is 2.28. The Bertz CT molecular complexity index is 431. The molecule has 1 saturated heterocycles. The number of alkyl halides is 3. The predicted molar refractivity (Wildman–Crippen MR) is 53.3 cm³/mol. The van der Waals surface area contributed by atoms with E-state index in [1.807, 2.05) is 0 Å². The van der Waals surface area contributed by atoms with Crippen LogP contribution in [-0.4, -0.2) is 12.7 Å². The Balaban J connectivity index is 2.34. The lowest BCUT2D eigenvalue weighted by Crippen LogP contribution is -2.36. The number of halogens is 3. The highest BCUT2D eigenvalue weighted by molar-refractivity contribution is 5.68. The van der Waals surface area contributed by atoms with Crippen LogP contribution < -0.4 is 5.32 Å². The van der Waals surface area contributed by atoms with Crippen LogP contribution in [-0.2, 0) is 10.9 Å². The Labute approximate surface area is 95.6 Å². The maximum absolute atomic E-state index is 12.8. The lowest BCUT2D eigenvalue weighted by Gasteiger charge is -2.26. The van der Waals surface area contributed by atoms with Crippen LogP contribution in [0.2, 0.25) is 0 Å². The molecular formula is C11H10F3NO2. The van der Waals surface area contributed by atoms with Crippen molar-refractivity contribution in [2.45, 2.75) is 18.6 Å². The van der Waals surface area contributed by atoms with Crippen molar-refractivity contribution in [1.82, 2.24) is 5.32 Å². The molecule has 0 aromatic heterocycles.